The molecule has 0 saturated carbocycles. The molecule has 0 radical (unpaired) electrons. The molecule has 86 valence electrons. The minimum absolute atomic E-state index is 0.733. The molecule has 15 heavy (non-hydrogen) atoms. The van der Waals surface area contributed by atoms with E-state index < -0.39 is 0 Å². The maximum absolute atomic E-state index is 5.18. The van der Waals surface area contributed by atoms with Crippen LogP contribution in [0.25, 0.3) is 0 Å². The van der Waals surface area contributed by atoms with Crippen molar-refractivity contribution < 1.29 is 4.52 Å². The third-order valence-electron chi connectivity index (χ3n) is 2.27. The van der Waals surface area contributed by atoms with Gasteiger partial charge >= 0.3 is 0 Å². The third kappa shape index (κ3) is 4.42. The normalized spacial score (nSPS) is 11.2. The molecule has 0 atom stereocenters. The van der Waals surface area contributed by atoms with E-state index in [1.807, 2.05) is 0 Å². The van der Waals surface area contributed by atoms with Gasteiger partial charge in [-0.15, -0.1) is 0 Å². The lowest BCUT2D eigenvalue weighted by molar-refractivity contribution is 0.266. The van der Waals surface area contributed by atoms with Gasteiger partial charge in [-0.1, -0.05) is 25.4 Å². The Hall–Kier alpha value is -0.900. The van der Waals surface area contributed by atoms with Crippen LogP contribution in [0.1, 0.15) is 44.8 Å². The van der Waals surface area contributed by atoms with Crippen molar-refractivity contribution in [2.24, 2.45) is 0 Å². The Morgan fingerprint density at radius 2 is 2.07 bits per heavy atom. The molecule has 0 N–H and O–H groups in total. The van der Waals surface area contributed by atoms with Gasteiger partial charge in [-0.25, -0.2) is 0 Å². The zero-order valence-corrected chi connectivity index (χ0v) is 9.99. The number of hydrogen-bond acceptors (Lipinski definition) is 4. The van der Waals surface area contributed by atoms with Gasteiger partial charge in [0.2, 0.25) is 5.89 Å². The highest BCUT2D eigenvalue weighted by Gasteiger charge is 2.07. The summed E-state index contributed by atoms with van der Waals surface area (Å²) < 4.78 is 5.18. The smallest absolute Gasteiger partial charge is 0.240 e. The monoisotopic (exact) mass is 211 g/mol. The Balaban J connectivity index is 2.38. The van der Waals surface area contributed by atoms with Crippen LogP contribution in [0.3, 0.4) is 0 Å². The minimum atomic E-state index is 0.733. The first kappa shape index (κ1) is 12.2. The molecule has 4 heteroatoms. The largest absolute Gasteiger partial charge is 0.338 e. The van der Waals surface area contributed by atoms with E-state index in [1.165, 1.54) is 6.42 Å². The second kappa shape index (κ2) is 6.56. The molecule has 0 unspecified atom stereocenters. The average molecular weight is 211 g/mol. The Morgan fingerprint density at radius 1 is 1.27 bits per heavy atom. The fourth-order valence-electron chi connectivity index (χ4n) is 1.48. The first-order chi connectivity index (χ1) is 7.26. The molecule has 1 aromatic heterocycles. The molecule has 0 aliphatic carbocycles. The van der Waals surface area contributed by atoms with Gasteiger partial charge in [0.1, 0.15) is 0 Å². The standard InChI is InChI=1S/C11H21N3O/c1-4-6-7-10-12-11(15-13-10)9-14(3)8-5-2/h4-9H2,1-3H3. The van der Waals surface area contributed by atoms with E-state index in [9.17, 15) is 0 Å². The zero-order valence-electron chi connectivity index (χ0n) is 9.99. The Morgan fingerprint density at radius 3 is 2.73 bits per heavy atom. The van der Waals surface area contributed by atoms with Gasteiger partial charge in [0.05, 0.1) is 6.54 Å². The van der Waals surface area contributed by atoms with Gasteiger partial charge in [0.25, 0.3) is 0 Å². The van der Waals surface area contributed by atoms with Crippen LogP contribution >= 0.6 is 0 Å². The first-order valence-corrected chi connectivity index (χ1v) is 5.76. The van der Waals surface area contributed by atoms with E-state index in [2.05, 4.69) is 35.9 Å². The van der Waals surface area contributed by atoms with Crippen molar-refractivity contribution in [1.82, 2.24) is 15.0 Å². The van der Waals surface area contributed by atoms with Crippen molar-refractivity contribution >= 4 is 0 Å². The quantitative estimate of drug-likeness (QED) is 0.693. The average Bonchev–Trinajstić information content (AvgIpc) is 2.63. The van der Waals surface area contributed by atoms with Crippen molar-refractivity contribution in [3.8, 4) is 0 Å². The van der Waals surface area contributed by atoms with E-state index >= 15 is 0 Å². The van der Waals surface area contributed by atoms with Crippen LogP contribution < -0.4 is 0 Å². The van der Waals surface area contributed by atoms with E-state index in [0.29, 0.717) is 0 Å². The second-order valence-corrected chi connectivity index (χ2v) is 3.95. The summed E-state index contributed by atoms with van der Waals surface area (Å²) in [5, 5.41) is 3.95. The van der Waals surface area contributed by atoms with Crippen molar-refractivity contribution in [3.63, 3.8) is 0 Å². The van der Waals surface area contributed by atoms with Gasteiger partial charge in [-0.2, -0.15) is 4.98 Å². The molecule has 0 amide bonds. The molecule has 0 fully saturated rings. The Kier molecular flexibility index (Phi) is 5.32. The molecule has 1 aromatic rings. The van der Waals surface area contributed by atoms with Crippen molar-refractivity contribution in [2.75, 3.05) is 13.6 Å². The van der Waals surface area contributed by atoms with Crippen LogP contribution in [-0.2, 0) is 13.0 Å². The lowest BCUT2D eigenvalue weighted by Crippen LogP contribution is -2.18. The van der Waals surface area contributed by atoms with Crippen molar-refractivity contribution in [1.29, 1.82) is 0 Å². The number of aromatic nitrogens is 2. The SMILES string of the molecule is CCCCc1noc(CN(C)CCC)n1. The summed E-state index contributed by atoms with van der Waals surface area (Å²) in [5.41, 5.74) is 0. The van der Waals surface area contributed by atoms with E-state index in [1.54, 1.807) is 0 Å². The van der Waals surface area contributed by atoms with Crippen LogP contribution in [0.15, 0.2) is 4.52 Å². The molecule has 0 aliphatic heterocycles. The fraction of sp³-hybridized carbons (Fsp3) is 0.818. The number of nitrogens with zero attached hydrogens (tertiary/aromatic N) is 3. The van der Waals surface area contributed by atoms with Crippen molar-refractivity contribution in [2.45, 2.75) is 46.1 Å². The highest BCUT2D eigenvalue weighted by molar-refractivity contribution is 4.86. The number of aryl methyl sites for hydroxylation is 1. The highest BCUT2D eigenvalue weighted by Crippen LogP contribution is 2.04. The molecule has 0 aromatic carbocycles. The highest BCUT2D eigenvalue weighted by atomic mass is 16.5. The van der Waals surface area contributed by atoms with Gasteiger partial charge in [0.15, 0.2) is 5.82 Å². The van der Waals surface area contributed by atoms with E-state index in [-0.39, 0.29) is 0 Å². The van der Waals surface area contributed by atoms with Gasteiger partial charge < -0.3 is 4.52 Å². The summed E-state index contributed by atoms with van der Waals surface area (Å²) in [6.45, 7) is 6.15. The van der Waals surface area contributed by atoms with Gasteiger partial charge in [-0.3, -0.25) is 4.90 Å². The Labute approximate surface area is 91.7 Å². The molecular formula is C11H21N3O. The Bertz CT molecular complexity index is 273. The predicted molar refractivity (Wildman–Crippen MR) is 59.5 cm³/mol. The van der Waals surface area contributed by atoms with Crippen LogP contribution in [0.5, 0.6) is 0 Å². The van der Waals surface area contributed by atoms with Crippen molar-refractivity contribution in [3.05, 3.63) is 11.7 Å². The molecule has 0 spiro atoms. The summed E-state index contributed by atoms with van der Waals surface area (Å²) in [6.07, 6.45) is 4.37. The molecule has 4 nitrogen and oxygen atoms in total. The molecule has 1 heterocycles. The summed E-state index contributed by atoms with van der Waals surface area (Å²) in [7, 11) is 2.07. The van der Waals surface area contributed by atoms with Crippen LogP contribution in [-0.4, -0.2) is 28.6 Å². The first-order valence-electron chi connectivity index (χ1n) is 5.76. The molecule has 0 aliphatic rings. The van der Waals surface area contributed by atoms with Crippen LogP contribution in [0.2, 0.25) is 0 Å². The molecule has 0 saturated heterocycles. The predicted octanol–water partition coefficient (Wildman–Crippen LogP) is 2.25. The van der Waals surface area contributed by atoms with E-state index in [0.717, 1.165) is 44.1 Å². The number of hydrogen-bond donors (Lipinski definition) is 0. The zero-order chi connectivity index (χ0) is 11.1. The number of unbranched alkanes of at least 4 members (excludes halogenated alkanes) is 1. The molecule has 1 rings (SSSR count). The second-order valence-electron chi connectivity index (χ2n) is 3.95. The summed E-state index contributed by atoms with van der Waals surface area (Å²) in [6, 6.07) is 0. The van der Waals surface area contributed by atoms with Gasteiger partial charge in [-0.05, 0) is 26.4 Å². The summed E-state index contributed by atoms with van der Waals surface area (Å²) in [5.74, 6) is 1.58. The summed E-state index contributed by atoms with van der Waals surface area (Å²) in [4.78, 5) is 6.54. The molecule has 0 bridgehead atoms. The fourth-order valence-corrected chi connectivity index (χ4v) is 1.48. The topological polar surface area (TPSA) is 42.2 Å². The van der Waals surface area contributed by atoms with E-state index in [4.69, 9.17) is 4.52 Å². The minimum Gasteiger partial charge on any atom is -0.338 e. The van der Waals surface area contributed by atoms with Crippen LogP contribution in [0.4, 0.5) is 0 Å². The van der Waals surface area contributed by atoms with Crippen LogP contribution in [0, 0.1) is 0 Å². The third-order valence-corrected chi connectivity index (χ3v) is 2.27. The lowest BCUT2D eigenvalue weighted by atomic mass is 10.2. The maximum atomic E-state index is 5.18. The van der Waals surface area contributed by atoms with Gasteiger partial charge in [0, 0.05) is 6.42 Å². The lowest BCUT2D eigenvalue weighted by Gasteiger charge is -2.11. The number of rotatable bonds is 7. The summed E-state index contributed by atoms with van der Waals surface area (Å²) >= 11 is 0. The maximum Gasteiger partial charge on any atom is 0.240 e. The molecular weight excluding hydrogens is 190 g/mol.